The molecule has 1 N–H and O–H groups in total. The molecule has 0 unspecified atom stereocenters. The van der Waals surface area contributed by atoms with E-state index in [1.54, 1.807) is 11.0 Å². The first-order chi connectivity index (χ1) is 14.8. The number of amides is 1. The highest BCUT2D eigenvalue weighted by molar-refractivity contribution is 5.93. The lowest BCUT2D eigenvalue weighted by atomic mass is 10.1. The number of hydrogen-bond acceptors (Lipinski definition) is 6. The number of benzene rings is 1. The third kappa shape index (κ3) is 4.66. The van der Waals surface area contributed by atoms with Gasteiger partial charge in [-0.1, -0.05) is 17.3 Å². The van der Waals surface area contributed by atoms with Crippen molar-refractivity contribution in [2.75, 3.05) is 26.2 Å². The van der Waals surface area contributed by atoms with Gasteiger partial charge in [0.15, 0.2) is 0 Å². The van der Waals surface area contributed by atoms with Gasteiger partial charge in [0.1, 0.15) is 5.56 Å². The van der Waals surface area contributed by atoms with Crippen molar-refractivity contribution >= 4 is 5.91 Å². The van der Waals surface area contributed by atoms with E-state index in [9.17, 15) is 22.8 Å². The van der Waals surface area contributed by atoms with Crippen LogP contribution in [0.25, 0.3) is 11.4 Å². The number of rotatable bonds is 4. The number of pyridine rings is 1. The fourth-order valence-corrected chi connectivity index (χ4v) is 3.33. The third-order valence-corrected chi connectivity index (χ3v) is 4.98. The van der Waals surface area contributed by atoms with Gasteiger partial charge < -0.3 is 14.4 Å². The molecule has 3 heterocycles. The maximum atomic E-state index is 12.9. The molecule has 1 amide bonds. The molecule has 31 heavy (non-hydrogen) atoms. The van der Waals surface area contributed by atoms with E-state index in [1.807, 2.05) is 4.90 Å². The molecule has 0 bridgehead atoms. The Morgan fingerprint density at radius 3 is 2.61 bits per heavy atom. The van der Waals surface area contributed by atoms with Gasteiger partial charge in [0.25, 0.3) is 11.5 Å². The number of hydrogen-bond donors (Lipinski definition) is 1. The standard InChI is InChI=1S/C20H18F3N5O3/c21-20(22,23)14-4-1-3-13(11-14)17-25-16(31-26-17)12-27-7-9-28(10-8-27)19(30)15-5-2-6-24-18(15)29/h1-6,11H,7-10,12H2,(H,24,29). The van der Waals surface area contributed by atoms with Gasteiger partial charge in [0, 0.05) is 37.9 Å². The molecule has 0 saturated carbocycles. The van der Waals surface area contributed by atoms with E-state index >= 15 is 0 Å². The second-order valence-corrected chi connectivity index (χ2v) is 7.07. The Kier molecular flexibility index (Phi) is 5.59. The van der Waals surface area contributed by atoms with Crippen LogP contribution in [0.4, 0.5) is 13.2 Å². The number of halogens is 3. The third-order valence-electron chi connectivity index (χ3n) is 4.98. The van der Waals surface area contributed by atoms with E-state index in [1.165, 1.54) is 24.4 Å². The van der Waals surface area contributed by atoms with Crippen LogP contribution in [0.2, 0.25) is 0 Å². The van der Waals surface area contributed by atoms with Gasteiger partial charge in [-0.3, -0.25) is 14.5 Å². The monoisotopic (exact) mass is 433 g/mol. The summed E-state index contributed by atoms with van der Waals surface area (Å²) >= 11 is 0. The van der Waals surface area contributed by atoms with Crippen LogP contribution in [-0.2, 0) is 12.7 Å². The summed E-state index contributed by atoms with van der Waals surface area (Å²) in [6, 6.07) is 7.82. The lowest BCUT2D eigenvalue weighted by molar-refractivity contribution is -0.137. The van der Waals surface area contributed by atoms with Gasteiger partial charge in [0.2, 0.25) is 11.7 Å². The molecule has 2 aromatic heterocycles. The number of carbonyl (C=O) groups is 1. The maximum absolute atomic E-state index is 12.9. The average molecular weight is 433 g/mol. The van der Waals surface area contributed by atoms with Crippen LogP contribution in [0.5, 0.6) is 0 Å². The van der Waals surface area contributed by atoms with Crippen molar-refractivity contribution in [2.45, 2.75) is 12.7 Å². The van der Waals surface area contributed by atoms with Crippen molar-refractivity contribution in [2.24, 2.45) is 0 Å². The predicted molar refractivity (Wildman–Crippen MR) is 103 cm³/mol. The molecule has 3 aromatic rings. The van der Waals surface area contributed by atoms with Gasteiger partial charge >= 0.3 is 6.18 Å². The van der Waals surface area contributed by atoms with Crippen molar-refractivity contribution in [1.82, 2.24) is 24.9 Å². The molecule has 0 radical (unpaired) electrons. The maximum Gasteiger partial charge on any atom is 0.416 e. The zero-order valence-electron chi connectivity index (χ0n) is 16.2. The second kappa shape index (κ2) is 8.34. The van der Waals surface area contributed by atoms with E-state index in [2.05, 4.69) is 15.1 Å². The lowest BCUT2D eigenvalue weighted by Crippen LogP contribution is -2.49. The van der Waals surface area contributed by atoms with Crippen molar-refractivity contribution in [3.05, 3.63) is 70.0 Å². The zero-order chi connectivity index (χ0) is 22.0. The van der Waals surface area contributed by atoms with Gasteiger partial charge in [-0.05, 0) is 24.3 Å². The summed E-state index contributed by atoms with van der Waals surface area (Å²) in [6.07, 6.45) is -2.99. The summed E-state index contributed by atoms with van der Waals surface area (Å²) in [6.45, 7) is 2.19. The minimum absolute atomic E-state index is 0.0817. The molecule has 11 heteroatoms. The molecule has 0 atom stereocenters. The van der Waals surface area contributed by atoms with Crippen molar-refractivity contribution in [3.63, 3.8) is 0 Å². The molecular formula is C20H18F3N5O3. The molecule has 162 valence electrons. The van der Waals surface area contributed by atoms with Crippen LogP contribution in [0.1, 0.15) is 21.8 Å². The minimum Gasteiger partial charge on any atom is -0.338 e. The molecular weight excluding hydrogens is 415 g/mol. The molecule has 1 aliphatic rings. The Morgan fingerprint density at radius 1 is 1.13 bits per heavy atom. The number of piperazine rings is 1. The molecule has 1 aromatic carbocycles. The van der Waals surface area contributed by atoms with Crippen LogP contribution in [0.3, 0.4) is 0 Å². The average Bonchev–Trinajstić information content (AvgIpc) is 3.22. The van der Waals surface area contributed by atoms with Gasteiger partial charge in [0.05, 0.1) is 12.1 Å². The van der Waals surface area contributed by atoms with E-state index in [4.69, 9.17) is 4.52 Å². The second-order valence-electron chi connectivity index (χ2n) is 7.07. The van der Waals surface area contributed by atoms with Crippen LogP contribution in [0, 0.1) is 0 Å². The van der Waals surface area contributed by atoms with Crippen LogP contribution in [-0.4, -0.2) is 57.0 Å². The lowest BCUT2D eigenvalue weighted by Gasteiger charge is -2.33. The normalized spacial score (nSPS) is 15.3. The number of alkyl halides is 3. The summed E-state index contributed by atoms with van der Waals surface area (Å²) in [5, 5.41) is 3.78. The van der Waals surface area contributed by atoms with Crippen molar-refractivity contribution < 1.29 is 22.5 Å². The summed E-state index contributed by atoms with van der Waals surface area (Å²) in [5.74, 6) is 0.0241. The van der Waals surface area contributed by atoms with Crippen LogP contribution >= 0.6 is 0 Å². The van der Waals surface area contributed by atoms with Crippen LogP contribution < -0.4 is 5.56 Å². The smallest absolute Gasteiger partial charge is 0.338 e. The molecule has 0 aliphatic carbocycles. The Hall–Kier alpha value is -3.47. The quantitative estimate of drug-likeness (QED) is 0.679. The van der Waals surface area contributed by atoms with E-state index in [0.29, 0.717) is 32.7 Å². The van der Waals surface area contributed by atoms with Gasteiger partial charge in [-0.25, -0.2) is 0 Å². The van der Waals surface area contributed by atoms with Crippen molar-refractivity contribution in [1.29, 1.82) is 0 Å². The largest absolute Gasteiger partial charge is 0.416 e. The fraction of sp³-hybridized carbons (Fsp3) is 0.300. The molecule has 8 nitrogen and oxygen atoms in total. The number of carbonyl (C=O) groups excluding carboxylic acids is 1. The Morgan fingerprint density at radius 2 is 1.90 bits per heavy atom. The Bertz CT molecular complexity index is 1130. The first kappa shape index (κ1) is 20.8. The van der Waals surface area contributed by atoms with Crippen LogP contribution in [0.15, 0.2) is 51.9 Å². The van der Waals surface area contributed by atoms with Gasteiger partial charge in [-0.2, -0.15) is 18.2 Å². The molecule has 1 aliphatic heterocycles. The Balaban J connectivity index is 1.37. The Labute approximate surface area is 174 Å². The highest BCUT2D eigenvalue weighted by Crippen LogP contribution is 2.31. The molecule has 1 fully saturated rings. The number of nitrogens with one attached hydrogen (secondary N) is 1. The van der Waals surface area contributed by atoms with E-state index < -0.39 is 17.3 Å². The number of aromatic amines is 1. The van der Waals surface area contributed by atoms with Gasteiger partial charge in [-0.15, -0.1) is 0 Å². The van der Waals surface area contributed by atoms with E-state index in [-0.39, 0.29) is 28.7 Å². The summed E-state index contributed by atoms with van der Waals surface area (Å²) in [7, 11) is 0. The molecule has 1 saturated heterocycles. The summed E-state index contributed by atoms with van der Waals surface area (Å²) in [5.41, 5.74) is -0.899. The fourth-order valence-electron chi connectivity index (χ4n) is 3.33. The van der Waals surface area contributed by atoms with Crippen molar-refractivity contribution in [3.8, 4) is 11.4 Å². The summed E-state index contributed by atoms with van der Waals surface area (Å²) < 4.78 is 43.9. The highest BCUT2D eigenvalue weighted by atomic mass is 19.4. The predicted octanol–water partition coefficient (Wildman–Crippen LogP) is 2.40. The summed E-state index contributed by atoms with van der Waals surface area (Å²) in [4.78, 5) is 34.6. The molecule has 4 rings (SSSR count). The topological polar surface area (TPSA) is 95.3 Å². The first-order valence-electron chi connectivity index (χ1n) is 9.51. The number of H-pyrrole nitrogens is 1. The number of nitrogens with zero attached hydrogens (tertiary/aromatic N) is 4. The first-order valence-corrected chi connectivity index (χ1v) is 9.51. The number of aromatic nitrogens is 3. The molecule has 0 spiro atoms. The zero-order valence-corrected chi connectivity index (χ0v) is 16.2. The highest BCUT2D eigenvalue weighted by Gasteiger charge is 2.31. The SMILES string of the molecule is O=C(c1ccc[nH]c1=O)N1CCN(Cc2nc(-c3cccc(C(F)(F)F)c3)no2)CC1. The minimum atomic E-state index is -4.45. The van der Waals surface area contributed by atoms with E-state index in [0.717, 1.165) is 12.1 Å².